The summed E-state index contributed by atoms with van der Waals surface area (Å²) in [5.41, 5.74) is 3.22. The van der Waals surface area contributed by atoms with Crippen molar-refractivity contribution in [1.29, 1.82) is 0 Å². The lowest BCUT2D eigenvalue weighted by Gasteiger charge is -2.53. The van der Waals surface area contributed by atoms with E-state index in [4.69, 9.17) is 23.8 Å². The Morgan fingerprint density at radius 3 is 2.59 bits per heavy atom. The van der Waals surface area contributed by atoms with Crippen molar-refractivity contribution in [3.8, 4) is 0 Å². The van der Waals surface area contributed by atoms with Crippen LogP contribution in [0.25, 0.3) is 6.08 Å². The quantitative estimate of drug-likeness (QED) is 0.268. The van der Waals surface area contributed by atoms with Crippen molar-refractivity contribution in [1.82, 2.24) is 15.3 Å². The number of hydrogen-bond donors (Lipinski definition) is 2. The third-order valence-corrected chi connectivity index (χ3v) is 14.4. The standard InChI is InChI=1S/C44H55N3O9/c1-42(2)22-30-28(14-15-34-43(3,55-34)17-16-31(30)42)21-27-12-8-9-13-29(27)24-47-37-40(50)54-33-23-44(37,38(56-47)36-35(33)52-25-53-36)41(51)46(4)32(39(49)45-18-19-48)20-26-10-6-5-7-11-26/h5-13,21,30-38,48H,14-20,22-25H2,1-4H3,(H,45,49)/t30-,31-,32-,33-,34?,35+,36+,37+,38-,43-,44+/m1/s1. The molecule has 7 fully saturated rings. The Morgan fingerprint density at radius 2 is 1.80 bits per heavy atom. The fourth-order valence-corrected chi connectivity index (χ4v) is 11.2. The van der Waals surface area contributed by atoms with E-state index in [9.17, 15) is 14.7 Å². The topological polar surface area (TPSA) is 139 Å². The minimum absolute atomic E-state index is 0.000390. The molecule has 3 aliphatic carbocycles. The molecule has 2 N–H and O–H groups in total. The van der Waals surface area contributed by atoms with Gasteiger partial charge in [-0.1, -0.05) is 80.1 Å². The Bertz CT molecular complexity index is 1890. The van der Waals surface area contributed by atoms with Gasteiger partial charge in [-0.3, -0.25) is 19.2 Å². The van der Waals surface area contributed by atoms with Crippen molar-refractivity contribution >= 4 is 23.9 Å². The lowest BCUT2D eigenvalue weighted by molar-refractivity contribution is -0.204. The molecule has 11 atom stereocenters. The SMILES string of the molecule is CN(C(=O)[C@@]12C[C@H]3OC(=O)[C@@H]1N(Cc1ccccc1C=C1CCC4O[C@]4(C)CC[C@@H]4[C@@H]1CC4(C)C)O[C@@H]2[C@H]1OCO[C@H]13)[C@H](Cc1ccccc1)C(=O)NCCO. The number of nitrogens with one attached hydrogen (secondary N) is 1. The summed E-state index contributed by atoms with van der Waals surface area (Å²) in [6.07, 6.45) is 5.66. The van der Waals surface area contributed by atoms with Crippen LogP contribution in [-0.4, -0.2) is 108 Å². The molecule has 0 aromatic heterocycles. The highest BCUT2D eigenvalue weighted by atomic mass is 16.8. The van der Waals surface area contributed by atoms with E-state index in [0.29, 0.717) is 17.9 Å². The van der Waals surface area contributed by atoms with Crippen LogP contribution in [0.4, 0.5) is 0 Å². The summed E-state index contributed by atoms with van der Waals surface area (Å²) in [6.45, 7) is 7.09. The minimum Gasteiger partial charge on any atom is -0.458 e. The predicted octanol–water partition coefficient (Wildman–Crippen LogP) is 4.18. The van der Waals surface area contributed by atoms with Crippen LogP contribution in [0.3, 0.4) is 0 Å². The first-order chi connectivity index (χ1) is 26.9. The maximum atomic E-state index is 15.3. The molecule has 9 rings (SSSR count). The van der Waals surface area contributed by atoms with Crippen LogP contribution < -0.4 is 5.32 Å². The largest absolute Gasteiger partial charge is 0.458 e. The number of carbonyl (C=O) groups is 3. The lowest BCUT2D eigenvalue weighted by Crippen LogP contribution is -2.70. The zero-order valence-electron chi connectivity index (χ0n) is 32.9. The van der Waals surface area contributed by atoms with Gasteiger partial charge in [0, 0.05) is 26.4 Å². The second-order valence-corrected chi connectivity index (χ2v) is 18.1. The van der Waals surface area contributed by atoms with Crippen molar-refractivity contribution in [2.24, 2.45) is 22.7 Å². The average Bonchev–Trinajstić information content (AvgIpc) is 3.47. The summed E-state index contributed by atoms with van der Waals surface area (Å²) < 4.78 is 24.4. The number of aliphatic hydroxyl groups is 1. The predicted molar refractivity (Wildman–Crippen MR) is 204 cm³/mol. The molecule has 2 aromatic rings. The molecule has 3 saturated carbocycles. The molecule has 12 heteroatoms. The highest BCUT2D eigenvalue weighted by Crippen LogP contribution is 2.60. The highest BCUT2D eigenvalue weighted by molar-refractivity contribution is 5.96. The zero-order valence-corrected chi connectivity index (χ0v) is 32.9. The number of ether oxygens (including phenoxy) is 4. The first-order valence-corrected chi connectivity index (χ1v) is 20.5. The van der Waals surface area contributed by atoms with Crippen LogP contribution >= 0.6 is 0 Å². The first-order valence-electron chi connectivity index (χ1n) is 20.5. The van der Waals surface area contributed by atoms with Gasteiger partial charge in [-0.05, 0) is 73.0 Å². The number of benzene rings is 2. The highest BCUT2D eigenvalue weighted by Gasteiger charge is 2.75. The number of rotatable bonds is 10. The molecule has 7 aliphatic rings. The van der Waals surface area contributed by atoms with E-state index in [-0.39, 0.29) is 56.3 Å². The third-order valence-electron chi connectivity index (χ3n) is 14.4. The molecule has 0 radical (unpaired) electrons. The second kappa shape index (κ2) is 14.3. The molecule has 2 amide bonds. The molecule has 56 heavy (non-hydrogen) atoms. The normalized spacial score (nSPS) is 37.7. The van der Waals surface area contributed by atoms with Crippen LogP contribution in [0.15, 0.2) is 60.2 Å². The number of nitrogens with zero attached hydrogens (tertiary/aromatic N) is 2. The Kier molecular flexibility index (Phi) is 9.69. The molecule has 1 unspecified atom stereocenters. The number of fused-ring (bicyclic) bond motifs is 6. The Labute approximate surface area is 328 Å². The van der Waals surface area contributed by atoms with Crippen LogP contribution in [-0.2, 0) is 51.1 Å². The third kappa shape index (κ3) is 6.31. The summed E-state index contributed by atoms with van der Waals surface area (Å²) in [6, 6.07) is 15.7. The average molecular weight is 770 g/mol. The molecule has 2 bridgehead atoms. The van der Waals surface area contributed by atoms with E-state index in [1.807, 2.05) is 42.5 Å². The summed E-state index contributed by atoms with van der Waals surface area (Å²) >= 11 is 0. The Morgan fingerprint density at radius 1 is 1.04 bits per heavy atom. The van der Waals surface area contributed by atoms with E-state index >= 15 is 4.79 Å². The maximum absolute atomic E-state index is 15.3. The summed E-state index contributed by atoms with van der Waals surface area (Å²) in [5.74, 6) is -0.230. The molecule has 2 aromatic carbocycles. The van der Waals surface area contributed by atoms with Gasteiger partial charge in [-0.25, -0.2) is 0 Å². The number of aliphatic hydroxyl groups excluding tert-OH is 1. The number of carbonyl (C=O) groups excluding carboxylic acids is 3. The Hall–Kier alpha value is -3.65. The van der Waals surface area contributed by atoms with Crippen LogP contribution in [0.5, 0.6) is 0 Å². The van der Waals surface area contributed by atoms with Crippen LogP contribution in [0, 0.1) is 22.7 Å². The number of likely N-dealkylation sites (N-methyl/N-ethyl adjacent to an activating group) is 1. The fourth-order valence-electron chi connectivity index (χ4n) is 11.2. The number of hydrogen-bond acceptors (Lipinski definition) is 10. The summed E-state index contributed by atoms with van der Waals surface area (Å²) in [4.78, 5) is 51.6. The van der Waals surface area contributed by atoms with Crippen molar-refractivity contribution in [3.05, 3.63) is 76.9 Å². The molecule has 12 nitrogen and oxygen atoms in total. The van der Waals surface area contributed by atoms with E-state index in [1.54, 1.807) is 12.1 Å². The molecule has 4 saturated heterocycles. The lowest BCUT2D eigenvalue weighted by atomic mass is 9.52. The molecule has 4 aliphatic heterocycles. The summed E-state index contributed by atoms with van der Waals surface area (Å²) in [5, 5.41) is 13.9. The number of esters is 1. The van der Waals surface area contributed by atoms with Gasteiger partial charge in [0.1, 0.15) is 42.7 Å². The Balaban J connectivity index is 1.05. The van der Waals surface area contributed by atoms with Gasteiger partial charge in [0.05, 0.1) is 24.9 Å². The minimum atomic E-state index is -1.41. The monoisotopic (exact) mass is 769 g/mol. The van der Waals surface area contributed by atoms with Gasteiger partial charge in [-0.15, -0.1) is 0 Å². The van der Waals surface area contributed by atoms with Gasteiger partial charge >= 0.3 is 5.97 Å². The van der Waals surface area contributed by atoms with Gasteiger partial charge < -0.3 is 34.3 Å². The van der Waals surface area contributed by atoms with E-state index < -0.39 is 53.8 Å². The van der Waals surface area contributed by atoms with E-state index in [1.165, 1.54) is 10.5 Å². The number of hydroxylamine groups is 2. The number of allylic oxidation sites excluding steroid dienone is 1. The van der Waals surface area contributed by atoms with Crippen LogP contribution in [0.2, 0.25) is 0 Å². The van der Waals surface area contributed by atoms with Gasteiger partial charge in [0.15, 0.2) is 6.04 Å². The van der Waals surface area contributed by atoms with Gasteiger partial charge in [0.2, 0.25) is 11.8 Å². The zero-order chi connectivity index (χ0) is 39.0. The first kappa shape index (κ1) is 37.9. The smallest absolute Gasteiger partial charge is 0.327 e. The molecular formula is C44H55N3O9. The number of epoxide rings is 1. The molecular weight excluding hydrogens is 714 g/mol. The fraction of sp³-hybridized carbons (Fsp3) is 0.614. The second-order valence-electron chi connectivity index (χ2n) is 18.1. The summed E-state index contributed by atoms with van der Waals surface area (Å²) in [7, 11) is 1.61. The van der Waals surface area contributed by atoms with Crippen molar-refractivity contribution < 1.29 is 43.3 Å². The number of amides is 2. The van der Waals surface area contributed by atoms with Gasteiger partial charge in [-0.2, -0.15) is 5.06 Å². The van der Waals surface area contributed by atoms with Gasteiger partial charge in [0.25, 0.3) is 0 Å². The maximum Gasteiger partial charge on any atom is 0.327 e. The molecule has 0 spiro atoms. The molecule has 300 valence electrons. The van der Waals surface area contributed by atoms with E-state index in [2.05, 4.69) is 44.3 Å². The van der Waals surface area contributed by atoms with Crippen LogP contribution in [0.1, 0.15) is 76.0 Å². The molecule has 4 heterocycles. The van der Waals surface area contributed by atoms with Crippen molar-refractivity contribution in [2.75, 3.05) is 27.0 Å². The van der Waals surface area contributed by atoms with E-state index in [0.717, 1.165) is 48.8 Å². The van der Waals surface area contributed by atoms with Crippen molar-refractivity contribution in [3.63, 3.8) is 0 Å². The van der Waals surface area contributed by atoms with Crippen molar-refractivity contribution in [2.45, 2.75) is 120 Å².